The molecular formula is C29H38N2O10. The zero-order valence-electron chi connectivity index (χ0n) is 23.2. The Balaban J connectivity index is 0.000000302. The Bertz CT molecular complexity index is 1170. The standard InChI is InChI=1S/C23H30N2O3.C6H8O7/c1-17-3-8-22(24-13-17)23(26)10-9-19-15-25(16-21(19)23)14-18-4-6-20(7-5-18)28-12-11-27-2;7-3(8)1-6(13,5(11)12)2-4(9)10/h3-8,13,19,21,26H,9-12,14-16H2,1-2H3;13H,1-2H2,(H,7,8)(H,9,10)(H,11,12)/t19-,21+,23-;/m1./s1. The molecule has 2 heterocycles. The third-order valence-electron chi connectivity index (χ3n) is 7.55. The first-order valence-electron chi connectivity index (χ1n) is 13.3. The second kappa shape index (κ2) is 13.9. The number of likely N-dealkylation sites (tertiary alicyclic amines) is 1. The number of carboxylic acid groups (broad SMARTS) is 3. The Kier molecular flexibility index (Phi) is 10.8. The van der Waals surface area contributed by atoms with Gasteiger partial charge in [-0.2, -0.15) is 0 Å². The van der Waals surface area contributed by atoms with Gasteiger partial charge in [-0.15, -0.1) is 0 Å². The number of carbonyl (C=O) groups is 3. The molecule has 12 heteroatoms. The van der Waals surface area contributed by atoms with Crippen molar-refractivity contribution >= 4 is 17.9 Å². The Morgan fingerprint density at radius 1 is 1.02 bits per heavy atom. The highest BCUT2D eigenvalue weighted by molar-refractivity contribution is 5.88. The van der Waals surface area contributed by atoms with Crippen LogP contribution in [0.1, 0.15) is 42.5 Å². The van der Waals surface area contributed by atoms with E-state index < -0.39 is 42.0 Å². The maximum atomic E-state index is 11.4. The van der Waals surface area contributed by atoms with Crippen molar-refractivity contribution in [2.24, 2.45) is 11.8 Å². The molecule has 4 rings (SSSR count). The number of nitrogens with zero attached hydrogens (tertiary/aromatic N) is 2. The second-order valence-electron chi connectivity index (χ2n) is 10.7. The Morgan fingerprint density at radius 3 is 2.22 bits per heavy atom. The van der Waals surface area contributed by atoms with Crippen LogP contribution in [0.2, 0.25) is 0 Å². The minimum absolute atomic E-state index is 0.263. The molecule has 1 saturated heterocycles. The monoisotopic (exact) mass is 574 g/mol. The zero-order valence-corrected chi connectivity index (χ0v) is 23.2. The van der Waals surface area contributed by atoms with E-state index >= 15 is 0 Å². The van der Waals surface area contributed by atoms with E-state index in [2.05, 4.69) is 28.1 Å². The van der Waals surface area contributed by atoms with Crippen LogP contribution >= 0.6 is 0 Å². The van der Waals surface area contributed by atoms with E-state index in [4.69, 9.17) is 29.9 Å². The van der Waals surface area contributed by atoms with E-state index in [0.717, 1.165) is 49.5 Å². The summed E-state index contributed by atoms with van der Waals surface area (Å²) in [6, 6.07) is 12.4. The molecule has 2 aromatic rings. The molecule has 0 radical (unpaired) electrons. The lowest BCUT2D eigenvalue weighted by atomic mass is 9.85. The highest BCUT2D eigenvalue weighted by atomic mass is 16.5. The van der Waals surface area contributed by atoms with Crippen LogP contribution in [0.25, 0.3) is 0 Å². The number of methoxy groups -OCH3 is 1. The minimum Gasteiger partial charge on any atom is -0.491 e. The summed E-state index contributed by atoms with van der Waals surface area (Å²) in [6.07, 6.45) is 1.46. The van der Waals surface area contributed by atoms with Crippen molar-refractivity contribution in [3.63, 3.8) is 0 Å². The minimum atomic E-state index is -2.74. The highest BCUT2D eigenvalue weighted by Crippen LogP contribution is 2.50. The third-order valence-corrected chi connectivity index (χ3v) is 7.55. The molecule has 1 aliphatic carbocycles. The molecule has 1 saturated carbocycles. The number of carboxylic acids is 3. The SMILES string of the molecule is COCCOc1ccc(CN2C[C@H]3CC[C@](O)(c4ccc(C)cn4)[C@H]3C2)cc1.O=C(O)CC(O)(CC(=O)O)C(=O)O. The number of ether oxygens (including phenoxy) is 2. The largest absolute Gasteiger partial charge is 0.491 e. The molecule has 224 valence electrons. The first-order chi connectivity index (χ1) is 19.4. The first-order valence-corrected chi connectivity index (χ1v) is 13.3. The molecule has 0 unspecified atom stereocenters. The van der Waals surface area contributed by atoms with Crippen molar-refractivity contribution in [1.82, 2.24) is 9.88 Å². The average molecular weight is 575 g/mol. The van der Waals surface area contributed by atoms with Crippen LogP contribution in [0.4, 0.5) is 0 Å². The highest BCUT2D eigenvalue weighted by Gasteiger charge is 2.53. The van der Waals surface area contributed by atoms with Gasteiger partial charge in [0.25, 0.3) is 0 Å². The Morgan fingerprint density at radius 2 is 1.68 bits per heavy atom. The summed E-state index contributed by atoms with van der Waals surface area (Å²) in [4.78, 5) is 37.5. The van der Waals surface area contributed by atoms with Crippen molar-refractivity contribution < 1.29 is 49.4 Å². The molecule has 3 atom stereocenters. The first kappa shape index (κ1) is 31.9. The van der Waals surface area contributed by atoms with Crippen molar-refractivity contribution in [2.75, 3.05) is 33.4 Å². The van der Waals surface area contributed by atoms with Crippen molar-refractivity contribution in [3.05, 3.63) is 59.4 Å². The van der Waals surface area contributed by atoms with Gasteiger partial charge in [-0.25, -0.2) is 4.79 Å². The lowest BCUT2D eigenvalue weighted by Gasteiger charge is -2.30. The Hall–Kier alpha value is -3.58. The maximum absolute atomic E-state index is 11.4. The van der Waals surface area contributed by atoms with Gasteiger partial charge >= 0.3 is 17.9 Å². The van der Waals surface area contributed by atoms with Gasteiger partial charge < -0.3 is 35.0 Å². The molecule has 2 fully saturated rings. The fourth-order valence-electron chi connectivity index (χ4n) is 5.46. The number of aliphatic hydroxyl groups is 2. The molecule has 2 aliphatic rings. The van der Waals surface area contributed by atoms with Gasteiger partial charge in [-0.05, 0) is 55.0 Å². The fourth-order valence-corrected chi connectivity index (χ4v) is 5.46. The van der Waals surface area contributed by atoms with Crippen LogP contribution in [-0.4, -0.2) is 92.3 Å². The Labute approximate surface area is 238 Å². The molecule has 1 aromatic heterocycles. The third kappa shape index (κ3) is 8.46. The number of benzene rings is 1. The molecular weight excluding hydrogens is 536 g/mol. The van der Waals surface area contributed by atoms with Gasteiger partial charge in [0, 0.05) is 38.9 Å². The summed E-state index contributed by atoms with van der Waals surface area (Å²) < 4.78 is 10.6. The van der Waals surface area contributed by atoms with Crippen LogP contribution in [0, 0.1) is 18.8 Å². The van der Waals surface area contributed by atoms with Crippen LogP contribution in [0.15, 0.2) is 42.6 Å². The van der Waals surface area contributed by atoms with Crippen LogP contribution < -0.4 is 4.74 Å². The summed E-state index contributed by atoms with van der Waals surface area (Å²) in [6.45, 7) is 6.06. The maximum Gasteiger partial charge on any atom is 0.336 e. The number of hydrogen-bond donors (Lipinski definition) is 5. The van der Waals surface area contributed by atoms with Gasteiger partial charge in [-0.1, -0.05) is 18.2 Å². The van der Waals surface area contributed by atoms with Crippen LogP contribution in [-0.2, 0) is 31.3 Å². The number of fused-ring (bicyclic) bond motifs is 1. The van der Waals surface area contributed by atoms with Crippen molar-refractivity contribution in [1.29, 1.82) is 0 Å². The van der Waals surface area contributed by atoms with E-state index in [-0.39, 0.29) is 5.92 Å². The van der Waals surface area contributed by atoms with Crippen LogP contribution in [0.5, 0.6) is 5.75 Å². The predicted molar refractivity (Wildman–Crippen MR) is 145 cm³/mol. The van der Waals surface area contributed by atoms with Gasteiger partial charge in [0.15, 0.2) is 5.60 Å². The summed E-state index contributed by atoms with van der Waals surface area (Å²) in [7, 11) is 1.67. The molecule has 0 bridgehead atoms. The molecule has 1 aliphatic heterocycles. The molecule has 0 spiro atoms. The number of aliphatic carboxylic acids is 3. The normalized spacial score (nSPS) is 22.0. The smallest absolute Gasteiger partial charge is 0.336 e. The van der Waals surface area contributed by atoms with E-state index in [0.29, 0.717) is 19.1 Å². The van der Waals surface area contributed by atoms with E-state index in [1.165, 1.54) is 5.56 Å². The van der Waals surface area contributed by atoms with Crippen molar-refractivity contribution in [3.8, 4) is 5.75 Å². The summed E-state index contributed by atoms with van der Waals surface area (Å²) >= 11 is 0. The molecule has 5 N–H and O–H groups in total. The van der Waals surface area contributed by atoms with E-state index in [1.54, 1.807) is 7.11 Å². The predicted octanol–water partition coefficient (Wildman–Crippen LogP) is 1.90. The molecule has 0 amide bonds. The van der Waals surface area contributed by atoms with Crippen LogP contribution in [0.3, 0.4) is 0 Å². The number of aryl methyl sites for hydroxylation is 1. The number of hydrogen-bond acceptors (Lipinski definition) is 9. The zero-order chi connectivity index (χ0) is 30.2. The summed E-state index contributed by atoms with van der Waals surface area (Å²) in [5, 5.41) is 45.2. The van der Waals surface area contributed by atoms with E-state index in [9.17, 15) is 19.5 Å². The topological polar surface area (TPSA) is 187 Å². The average Bonchev–Trinajstić information content (AvgIpc) is 3.44. The summed E-state index contributed by atoms with van der Waals surface area (Å²) in [5.41, 5.74) is -0.283. The molecule has 12 nitrogen and oxygen atoms in total. The van der Waals surface area contributed by atoms with E-state index in [1.807, 2.05) is 31.3 Å². The van der Waals surface area contributed by atoms with Gasteiger partial charge in [0.1, 0.15) is 18.0 Å². The summed E-state index contributed by atoms with van der Waals surface area (Å²) in [5.74, 6) is -3.34. The molecule has 41 heavy (non-hydrogen) atoms. The van der Waals surface area contributed by atoms with Gasteiger partial charge in [0.05, 0.1) is 25.1 Å². The van der Waals surface area contributed by atoms with Crippen molar-refractivity contribution in [2.45, 2.75) is 50.4 Å². The lowest BCUT2D eigenvalue weighted by Crippen LogP contribution is -2.42. The quantitative estimate of drug-likeness (QED) is 0.232. The second-order valence-corrected chi connectivity index (χ2v) is 10.7. The molecule has 1 aromatic carbocycles. The number of rotatable bonds is 12. The fraction of sp³-hybridized carbons (Fsp3) is 0.517. The number of aromatic nitrogens is 1. The lowest BCUT2D eigenvalue weighted by molar-refractivity contribution is -0.170. The number of pyridine rings is 1. The van der Waals surface area contributed by atoms with Gasteiger partial charge in [0.2, 0.25) is 0 Å². The van der Waals surface area contributed by atoms with Gasteiger partial charge in [-0.3, -0.25) is 19.5 Å².